The van der Waals surface area contributed by atoms with Crippen molar-refractivity contribution in [2.45, 2.75) is 10.1 Å². The van der Waals surface area contributed by atoms with E-state index >= 15 is 0 Å². The minimum atomic E-state index is -0.366. The van der Waals surface area contributed by atoms with Gasteiger partial charge in [-0.2, -0.15) is 0 Å². The lowest BCUT2D eigenvalue weighted by Crippen LogP contribution is -2.21. The van der Waals surface area contributed by atoms with E-state index in [-0.39, 0.29) is 11.5 Å². The third-order valence-corrected chi connectivity index (χ3v) is 7.02. The van der Waals surface area contributed by atoms with E-state index in [2.05, 4.69) is 21.6 Å². The second kappa shape index (κ2) is 7.63. The number of aryl methyl sites for hydroxylation is 1. The molecule has 0 aliphatic carbocycles. The van der Waals surface area contributed by atoms with Crippen LogP contribution in [0.1, 0.15) is 15.2 Å². The Bertz CT molecular complexity index is 1170. The Hall–Kier alpha value is -2.49. The van der Waals surface area contributed by atoms with Crippen molar-refractivity contribution < 1.29 is 4.79 Å². The van der Waals surface area contributed by atoms with Crippen molar-refractivity contribution in [1.82, 2.24) is 14.8 Å². The molecule has 0 saturated carbocycles. The fourth-order valence-electron chi connectivity index (χ4n) is 2.61. The number of amides is 1. The number of nitrogens with zero attached hydrogens (tertiary/aromatic N) is 3. The average molecular weight is 415 g/mol. The maximum absolute atomic E-state index is 12.7. The first kappa shape index (κ1) is 17.9. The van der Waals surface area contributed by atoms with Crippen molar-refractivity contribution in [3.63, 3.8) is 0 Å². The highest BCUT2D eigenvalue weighted by Gasteiger charge is 2.15. The number of hydrogen-bond donors (Lipinski definition) is 1. The summed E-state index contributed by atoms with van der Waals surface area (Å²) in [6, 6.07) is 12.8. The molecule has 6 nitrogen and oxygen atoms in total. The van der Waals surface area contributed by atoms with Crippen LogP contribution in [0.3, 0.4) is 0 Å². The first-order valence-electron chi connectivity index (χ1n) is 8.00. The molecule has 1 N–H and O–H groups in total. The molecule has 0 aliphatic heterocycles. The molecule has 0 spiro atoms. The van der Waals surface area contributed by atoms with Crippen LogP contribution < -0.4 is 10.9 Å². The van der Waals surface area contributed by atoms with Gasteiger partial charge in [-0.3, -0.25) is 14.9 Å². The van der Waals surface area contributed by atoms with Crippen LogP contribution in [-0.2, 0) is 12.8 Å². The number of para-hydroxylation sites is 1. The fourth-order valence-corrected chi connectivity index (χ4v) is 5.13. The van der Waals surface area contributed by atoms with Crippen LogP contribution in [0.2, 0.25) is 0 Å². The molecule has 0 unspecified atom stereocenters. The highest BCUT2D eigenvalue weighted by atomic mass is 32.2. The first-order valence-corrected chi connectivity index (χ1v) is 10.7. The van der Waals surface area contributed by atoms with Crippen molar-refractivity contribution in [3.8, 4) is 0 Å². The maximum atomic E-state index is 12.7. The highest BCUT2D eigenvalue weighted by molar-refractivity contribution is 8.00. The zero-order chi connectivity index (χ0) is 18.8. The number of thiophene rings is 1. The van der Waals surface area contributed by atoms with Crippen LogP contribution in [0.15, 0.2) is 57.0 Å². The van der Waals surface area contributed by atoms with E-state index in [1.54, 1.807) is 30.1 Å². The van der Waals surface area contributed by atoms with Crippen LogP contribution in [0.4, 0.5) is 5.13 Å². The maximum Gasteiger partial charge on any atom is 0.258 e. The third-order valence-electron chi connectivity index (χ3n) is 3.94. The van der Waals surface area contributed by atoms with Crippen LogP contribution in [0.5, 0.6) is 0 Å². The molecular formula is C18H14N4O2S3. The molecule has 0 aliphatic rings. The van der Waals surface area contributed by atoms with Gasteiger partial charge in [-0.15, -0.1) is 21.5 Å². The van der Waals surface area contributed by atoms with E-state index in [1.165, 1.54) is 26.8 Å². The van der Waals surface area contributed by atoms with E-state index in [1.807, 2.05) is 35.7 Å². The summed E-state index contributed by atoms with van der Waals surface area (Å²) >= 11 is 4.59. The Labute approximate surface area is 166 Å². The summed E-state index contributed by atoms with van der Waals surface area (Å²) in [6.45, 7) is 0. The number of pyridine rings is 1. The number of carbonyl (C=O) groups excluding carboxylic acids is 1. The molecular weight excluding hydrogens is 400 g/mol. The number of anilines is 1. The molecule has 0 saturated heterocycles. The molecule has 3 heterocycles. The predicted octanol–water partition coefficient (Wildman–Crippen LogP) is 4.00. The monoisotopic (exact) mass is 414 g/mol. The zero-order valence-electron chi connectivity index (χ0n) is 14.2. The molecule has 3 aromatic heterocycles. The molecule has 1 aromatic carbocycles. The average Bonchev–Trinajstić information content (AvgIpc) is 3.35. The largest absolute Gasteiger partial charge is 0.311 e. The Balaban J connectivity index is 1.54. The van der Waals surface area contributed by atoms with E-state index in [0.29, 0.717) is 21.6 Å². The first-order chi connectivity index (χ1) is 13.1. The second-order valence-electron chi connectivity index (χ2n) is 5.67. The quantitative estimate of drug-likeness (QED) is 0.395. The number of thioether (sulfide) groups is 1. The molecule has 0 fully saturated rings. The van der Waals surface area contributed by atoms with Crippen molar-refractivity contribution in [1.29, 1.82) is 0 Å². The van der Waals surface area contributed by atoms with Crippen LogP contribution >= 0.6 is 34.4 Å². The standard InChI is InChI=1S/C18H14N4O2S3/c1-22-14-7-3-2-6-12(14)13(9-15(22)23)16(24)19-17-20-21-18(27-17)26-10-11-5-4-8-25-11/h2-9H,10H2,1H3,(H,19,20,24). The summed E-state index contributed by atoms with van der Waals surface area (Å²) in [4.78, 5) is 26.1. The van der Waals surface area contributed by atoms with Gasteiger partial charge in [0.15, 0.2) is 4.34 Å². The molecule has 0 bridgehead atoms. The SMILES string of the molecule is Cn1c(=O)cc(C(=O)Nc2nnc(SCc3cccs3)s2)c2ccccc21. The van der Waals surface area contributed by atoms with Gasteiger partial charge in [-0.05, 0) is 17.5 Å². The zero-order valence-corrected chi connectivity index (χ0v) is 16.7. The van der Waals surface area contributed by atoms with Gasteiger partial charge in [0.05, 0.1) is 11.1 Å². The van der Waals surface area contributed by atoms with Gasteiger partial charge < -0.3 is 4.57 Å². The summed E-state index contributed by atoms with van der Waals surface area (Å²) in [5.41, 5.74) is 0.805. The topological polar surface area (TPSA) is 76.9 Å². The van der Waals surface area contributed by atoms with Crippen molar-refractivity contribution in [2.24, 2.45) is 7.05 Å². The van der Waals surface area contributed by atoms with E-state index in [9.17, 15) is 9.59 Å². The molecule has 4 aromatic rings. The minimum absolute atomic E-state index is 0.233. The van der Waals surface area contributed by atoms with E-state index in [4.69, 9.17) is 0 Å². The lowest BCUT2D eigenvalue weighted by Gasteiger charge is -2.09. The Morgan fingerprint density at radius 3 is 2.89 bits per heavy atom. The summed E-state index contributed by atoms with van der Waals surface area (Å²) < 4.78 is 2.31. The lowest BCUT2D eigenvalue weighted by atomic mass is 10.1. The van der Waals surface area contributed by atoms with Gasteiger partial charge in [-0.25, -0.2) is 0 Å². The molecule has 27 heavy (non-hydrogen) atoms. The molecule has 0 atom stereocenters. The van der Waals surface area contributed by atoms with Crippen molar-refractivity contribution in [3.05, 3.63) is 68.6 Å². The van der Waals surface area contributed by atoms with Crippen molar-refractivity contribution in [2.75, 3.05) is 5.32 Å². The number of fused-ring (bicyclic) bond motifs is 1. The summed E-state index contributed by atoms with van der Waals surface area (Å²) in [5.74, 6) is 0.453. The third kappa shape index (κ3) is 3.80. The summed E-state index contributed by atoms with van der Waals surface area (Å²) in [7, 11) is 1.69. The molecule has 1 amide bonds. The number of aromatic nitrogens is 3. The number of carbonyl (C=O) groups is 1. The van der Waals surface area contributed by atoms with E-state index in [0.717, 1.165) is 10.1 Å². The molecule has 4 rings (SSSR count). The number of benzene rings is 1. The van der Waals surface area contributed by atoms with Gasteiger partial charge in [0.2, 0.25) is 5.13 Å². The van der Waals surface area contributed by atoms with Gasteiger partial charge in [0, 0.05) is 29.1 Å². The van der Waals surface area contributed by atoms with Gasteiger partial charge in [0.25, 0.3) is 11.5 Å². The molecule has 0 radical (unpaired) electrons. The normalized spacial score (nSPS) is 11.0. The highest BCUT2D eigenvalue weighted by Crippen LogP contribution is 2.30. The Kier molecular flexibility index (Phi) is 5.06. The van der Waals surface area contributed by atoms with Crippen molar-refractivity contribution >= 4 is 56.4 Å². The number of rotatable bonds is 5. The fraction of sp³-hybridized carbons (Fsp3) is 0.111. The predicted molar refractivity (Wildman–Crippen MR) is 111 cm³/mol. The lowest BCUT2D eigenvalue weighted by molar-refractivity contribution is 0.102. The van der Waals surface area contributed by atoms with Gasteiger partial charge in [-0.1, -0.05) is 47.4 Å². The summed E-state index contributed by atoms with van der Waals surface area (Å²) in [6.07, 6.45) is 0. The van der Waals surface area contributed by atoms with Crippen LogP contribution in [0.25, 0.3) is 10.9 Å². The van der Waals surface area contributed by atoms with E-state index < -0.39 is 0 Å². The summed E-state index contributed by atoms with van der Waals surface area (Å²) in [5, 5.41) is 14.1. The van der Waals surface area contributed by atoms with Crippen LogP contribution in [-0.4, -0.2) is 20.7 Å². The minimum Gasteiger partial charge on any atom is -0.311 e. The Morgan fingerprint density at radius 2 is 2.07 bits per heavy atom. The van der Waals surface area contributed by atoms with Gasteiger partial charge in [0.1, 0.15) is 0 Å². The smallest absolute Gasteiger partial charge is 0.258 e. The van der Waals surface area contributed by atoms with Crippen LogP contribution in [0, 0.1) is 0 Å². The Morgan fingerprint density at radius 1 is 1.22 bits per heavy atom. The number of nitrogens with one attached hydrogen (secondary N) is 1. The van der Waals surface area contributed by atoms with Gasteiger partial charge >= 0.3 is 0 Å². The number of hydrogen-bond acceptors (Lipinski definition) is 7. The second-order valence-corrected chi connectivity index (χ2v) is 8.90. The molecule has 136 valence electrons. The molecule has 9 heteroatoms.